The molecule has 0 saturated carbocycles. The molecular weight excluding hydrogens is 404 g/mol. The monoisotopic (exact) mass is 428 g/mol. The van der Waals surface area contributed by atoms with E-state index in [-0.39, 0.29) is 12.5 Å². The highest BCUT2D eigenvalue weighted by molar-refractivity contribution is 6.32. The van der Waals surface area contributed by atoms with Gasteiger partial charge in [0.2, 0.25) is 0 Å². The number of methoxy groups -OCH3 is 1. The minimum absolute atomic E-state index is 0.279. The summed E-state index contributed by atoms with van der Waals surface area (Å²) in [5.74, 6) is 1.77. The van der Waals surface area contributed by atoms with Gasteiger partial charge in [-0.05, 0) is 36.6 Å². The van der Waals surface area contributed by atoms with Gasteiger partial charge in [0.15, 0.2) is 17.3 Å². The highest BCUT2D eigenvalue weighted by atomic mass is 35.5. The van der Waals surface area contributed by atoms with Crippen LogP contribution in [-0.2, 0) is 6.54 Å². The molecule has 7 nitrogen and oxygen atoms in total. The number of benzene rings is 1. The molecular formula is C22H25ClN4O3. The summed E-state index contributed by atoms with van der Waals surface area (Å²) in [4.78, 5) is 17.1. The molecule has 0 bridgehead atoms. The molecule has 3 rings (SSSR count). The molecule has 0 fully saturated rings. The first-order valence-electron chi connectivity index (χ1n) is 9.72. The zero-order valence-corrected chi connectivity index (χ0v) is 18.0. The van der Waals surface area contributed by atoms with Crippen LogP contribution in [0, 0.1) is 5.92 Å². The maximum atomic E-state index is 12.7. The van der Waals surface area contributed by atoms with Crippen molar-refractivity contribution in [2.75, 3.05) is 13.7 Å². The Labute approximate surface area is 181 Å². The molecule has 0 aliphatic heterocycles. The van der Waals surface area contributed by atoms with Gasteiger partial charge in [-0.1, -0.05) is 31.5 Å². The van der Waals surface area contributed by atoms with Gasteiger partial charge in [-0.3, -0.25) is 4.79 Å². The number of carbonyl (C=O) groups is 1. The number of nitrogens with one attached hydrogen (secondary N) is 1. The molecule has 0 saturated heterocycles. The van der Waals surface area contributed by atoms with Crippen LogP contribution >= 0.6 is 11.6 Å². The summed E-state index contributed by atoms with van der Waals surface area (Å²) in [6.07, 6.45) is 6.06. The Kier molecular flexibility index (Phi) is 7.30. The van der Waals surface area contributed by atoms with Gasteiger partial charge in [0.05, 0.1) is 18.7 Å². The Morgan fingerprint density at radius 1 is 1.27 bits per heavy atom. The van der Waals surface area contributed by atoms with Crippen LogP contribution in [0.2, 0.25) is 5.02 Å². The third-order valence-electron chi connectivity index (χ3n) is 4.46. The zero-order chi connectivity index (χ0) is 21.5. The molecule has 8 heteroatoms. The standard InChI is InChI=1S/C22H25ClN4O3/c1-15(2)7-11-30-20-18(23)12-17(13-19(20)29-3)22(28)25-14-16-6-4-8-24-21(16)27-10-5-9-26-27/h4-6,8-10,12-13,15H,7,11,14H2,1-3H3,(H,25,28). The fourth-order valence-corrected chi connectivity index (χ4v) is 3.10. The smallest absolute Gasteiger partial charge is 0.251 e. The number of hydrogen-bond donors (Lipinski definition) is 1. The molecule has 3 aromatic rings. The van der Waals surface area contributed by atoms with E-state index in [0.717, 1.165) is 12.0 Å². The largest absolute Gasteiger partial charge is 0.493 e. The highest BCUT2D eigenvalue weighted by Crippen LogP contribution is 2.36. The third-order valence-corrected chi connectivity index (χ3v) is 4.74. The number of amides is 1. The number of halogens is 1. The van der Waals surface area contributed by atoms with Crippen molar-refractivity contribution in [2.24, 2.45) is 5.92 Å². The van der Waals surface area contributed by atoms with Crippen molar-refractivity contribution < 1.29 is 14.3 Å². The van der Waals surface area contributed by atoms with Gasteiger partial charge in [0.25, 0.3) is 5.91 Å². The van der Waals surface area contributed by atoms with Gasteiger partial charge < -0.3 is 14.8 Å². The SMILES string of the molecule is COc1cc(C(=O)NCc2cccnc2-n2cccn2)cc(Cl)c1OCCC(C)C. The summed E-state index contributed by atoms with van der Waals surface area (Å²) in [6.45, 7) is 5.05. The van der Waals surface area contributed by atoms with Gasteiger partial charge in [-0.15, -0.1) is 0 Å². The first kappa shape index (κ1) is 21.6. The molecule has 2 heterocycles. The predicted molar refractivity (Wildman–Crippen MR) is 115 cm³/mol. The average Bonchev–Trinajstić information content (AvgIpc) is 3.27. The van der Waals surface area contributed by atoms with Crippen molar-refractivity contribution in [2.45, 2.75) is 26.8 Å². The van der Waals surface area contributed by atoms with Crippen molar-refractivity contribution in [3.8, 4) is 17.3 Å². The van der Waals surface area contributed by atoms with Crippen LogP contribution in [0.25, 0.3) is 5.82 Å². The number of pyridine rings is 1. The Morgan fingerprint density at radius 3 is 2.80 bits per heavy atom. The van der Waals surface area contributed by atoms with Crippen molar-refractivity contribution >= 4 is 17.5 Å². The summed E-state index contributed by atoms with van der Waals surface area (Å²) in [5.41, 5.74) is 1.22. The minimum Gasteiger partial charge on any atom is -0.493 e. The van der Waals surface area contributed by atoms with Gasteiger partial charge >= 0.3 is 0 Å². The third kappa shape index (κ3) is 5.30. The first-order valence-corrected chi connectivity index (χ1v) is 10.1. The second kappa shape index (κ2) is 10.1. The van der Waals surface area contributed by atoms with Crippen LogP contribution < -0.4 is 14.8 Å². The van der Waals surface area contributed by atoms with E-state index in [2.05, 4.69) is 29.2 Å². The van der Waals surface area contributed by atoms with Crippen LogP contribution in [0.15, 0.2) is 48.9 Å². The molecule has 30 heavy (non-hydrogen) atoms. The van der Waals surface area contributed by atoms with Crippen molar-refractivity contribution in [1.29, 1.82) is 0 Å². The molecule has 0 aliphatic rings. The predicted octanol–water partition coefficient (Wildman–Crippen LogP) is 4.28. The second-order valence-electron chi connectivity index (χ2n) is 7.14. The van der Waals surface area contributed by atoms with E-state index in [0.29, 0.717) is 40.4 Å². The second-order valence-corrected chi connectivity index (χ2v) is 7.55. The van der Waals surface area contributed by atoms with E-state index in [1.165, 1.54) is 7.11 Å². The van der Waals surface area contributed by atoms with Crippen LogP contribution in [0.5, 0.6) is 11.5 Å². The molecule has 1 aromatic carbocycles. The molecule has 0 unspecified atom stereocenters. The molecule has 0 aliphatic carbocycles. The topological polar surface area (TPSA) is 78.3 Å². The molecule has 0 radical (unpaired) electrons. The average molecular weight is 429 g/mol. The summed E-state index contributed by atoms with van der Waals surface area (Å²) in [5, 5.41) is 7.44. The summed E-state index contributed by atoms with van der Waals surface area (Å²) in [6, 6.07) is 8.74. The number of aromatic nitrogens is 3. The molecule has 1 amide bonds. The number of carbonyl (C=O) groups excluding carboxylic acids is 1. The van der Waals surface area contributed by atoms with Crippen molar-refractivity contribution in [3.05, 3.63) is 65.1 Å². The van der Waals surface area contributed by atoms with Crippen LogP contribution in [0.4, 0.5) is 0 Å². The number of rotatable bonds is 9. The van der Waals surface area contributed by atoms with E-state index >= 15 is 0 Å². The Bertz CT molecular complexity index is 990. The first-order chi connectivity index (χ1) is 14.5. The van der Waals surface area contributed by atoms with E-state index in [1.54, 1.807) is 35.4 Å². The lowest BCUT2D eigenvalue weighted by Crippen LogP contribution is -2.24. The van der Waals surface area contributed by atoms with E-state index < -0.39 is 0 Å². The lowest BCUT2D eigenvalue weighted by atomic mass is 10.1. The van der Waals surface area contributed by atoms with Crippen molar-refractivity contribution in [3.63, 3.8) is 0 Å². The summed E-state index contributed by atoms with van der Waals surface area (Å²) < 4.78 is 12.8. The van der Waals surface area contributed by atoms with E-state index in [9.17, 15) is 4.79 Å². The van der Waals surface area contributed by atoms with Gasteiger partial charge in [-0.2, -0.15) is 5.10 Å². The normalized spacial score (nSPS) is 10.8. The number of ether oxygens (including phenoxy) is 2. The van der Waals surface area contributed by atoms with E-state index in [1.807, 2.05) is 18.2 Å². The van der Waals surface area contributed by atoms with Crippen LogP contribution in [0.1, 0.15) is 36.2 Å². The fourth-order valence-electron chi connectivity index (χ4n) is 2.83. The summed E-state index contributed by atoms with van der Waals surface area (Å²) >= 11 is 6.38. The van der Waals surface area contributed by atoms with Gasteiger partial charge in [0, 0.05) is 36.3 Å². The van der Waals surface area contributed by atoms with Gasteiger partial charge in [0.1, 0.15) is 0 Å². The maximum Gasteiger partial charge on any atom is 0.251 e. The fraction of sp³-hybridized carbons (Fsp3) is 0.318. The maximum absolute atomic E-state index is 12.7. The van der Waals surface area contributed by atoms with Gasteiger partial charge in [-0.25, -0.2) is 9.67 Å². The lowest BCUT2D eigenvalue weighted by Gasteiger charge is -2.15. The molecule has 158 valence electrons. The van der Waals surface area contributed by atoms with E-state index in [4.69, 9.17) is 21.1 Å². The number of nitrogens with zero attached hydrogens (tertiary/aromatic N) is 3. The molecule has 0 spiro atoms. The molecule has 1 N–H and O–H groups in total. The Hall–Kier alpha value is -3.06. The molecule has 2 aromatic heterocycles. The lowest BCUT2D eigenvalue weighted by molar-refractivity contribution is 0.0950. The molecule has 0 atom stereocenters. The van der Waals surface area contributed by atoms with Crippen LogP contribution in [0.3, 0.4) is 0 Å². The number of hydrogen-bond acceptors (Lipinski definition) is 5. The van der Waals surface area contributed by atoms with Crippen molar-refractivity contribution in [1.82, 2.24) is 20.1 Å². The zero-order valence-electron chi connectivity index (χ0n) is 17.3. The quantitative estimate of drug-likeness (QED) is 0.550. The van der Waals surface area contributed by atoms with Crippen LogP contribution in [-0.4, -0.2) is 34.4 Å². The Balaban J connectivity index is 1.73. The Morgan fingerprint density at radius 2 is 2.10 bits per heavy atom. The highest BCUT2D eigenvalue weighted by Gasteiger charge is 2.17. The summed E-state index contributed by atoms with van der Waals surface area (Å²) in [7, 11) is 1.52. The minimum atomic E-state index is -0.279.